The summed E-state index contributed by atoms with van der Waals surface area (Å²) in [6, 6.07) is 2.05. The molecule has 0 radical (unpaired) electrons. The first-order chi connectivity index (χ1) is 14.5. The molecule has 2 fully saturated rings. The van der Waals surface area contributed by atoms with Gasteiger partial charge in [0, 0.05) is 19.2 Å². The van der Waals surface area contributed by atoms with E-state index in [9.17, 15) is 31.9 Å². The maximum absolute atomic E-state index is 14.6. The lowest BCUT2D eigenvalue weighted by atomic mass is 10.2. The van der Waals surface area contributed by atoms with Gasteiger partial charge in [0.2, 0.25) is 5.91 Å². The van der Waals surface area contributed by atoms with Crippen molar-refractivity contribution in [3.05, 3.63) is 55.6 Å². The van der Waals surface area contributed by atoms with E-state index in [1.165, 1.54) is 4.90 Å². The Morgan fingerprint density at radius 1 is 1.16 bits per heavy atom. The number of rotatable bonds is 3. The average molecular weight is 477 g/mol. The highest BCUT2D eigenvalue weighted by Crippen LogP contribution is 2.37. The topological polar surface area (TPSA) is 76.7 Å². The summed E-state index contributed by atoms with van der Waals surface area (Å²) in [5.41, 5.74) is -4.84. The SMILES string of the molecule is Cn1c(C(F)(F)F)cc(=O)n(-c2cc(N=C3SCC(=O)N3C3CC3)c(Cl)cc2F)c1=O. The van der Waals surface area contributed by atoms with Crippen LogP contribution < -0.4 is 11.2 Å². The van der Waals surface area contributed by atoms with E-state index in [-0.39, 0.29) is 43.6 Å². The second-order valence-electron chi connectivity index (χ2n) is 6.98. The molecule has 1 aliphatic heterocycles. The van der Waals surface area contributed by atoms with Gasteiger partial charge >= 0.3 is 11.9 Å². The van der Waals surface area contributed by atoms with Crippen molar-refractivity contribution in [2.24, 2.45) is 12.0 Å². The van der Waals surface area contributed by atoms with E-state index in [1.807, 2.05) is 0 Å². The number of carbonyl (C=O) groups is 1. The van der Waals surface area contributed by atoms with Gasteiger partial charge in [-0.25, -0.2) is 18.7 Å². The number of thioether (sulfide) groups is 1. The van der Waals surface area contributed by atoms with Gasteiger partial charge in [0.15, 0.2) is 5.17 Å². The lowest BCUT2D eigenvalue weighted by Crippen LogP contribution is -2.41. The zero-order chi connectivity index (χ0) is 22.7. The minimum Gasteiger partial charge on any atom is -0.292 e. The Kier molecular flexibility index (Phi) is 5.24. The Hall–Kier alpha value is -2.60. The Morgan fingerprint density at radius 3 is 2.45 bits per heavy atom. The van der Waals surface area contributed by atoms with Gasteiger partial charge in [-0.1, -0.05) is 23.4 Å². The lowest BCUT2D eigenvalue weighted by Gasteiger charge is -2.16. The fourth-order valence-electron chi connectivity index (χ4n) is 3.16. The van der Waals surface area contributed by atoms with Crippen molar-refractivity contribution in [1.82, 2.24) is 14.0 Å². The van der Waals surface area contributed by atoms with Gasteiger partial charge in [0.1, 0.15) is 11.5 Å². The molecule has 2 heterocycles. The van der Waals surface area contributed by atoms with Crippen molar-refractivity contribution < 1.29 is 22.4 Å². The van der Waals surface area contributed by atoms with Gasteiger partial charge in [-0.05, 0) is 25.0 Å². The molecule has 1 aromatic carbocycles. The van der Waals surface area contributed by atoms with Gasteiger partial charge in [0.25, 0.3) is 5.56 Å². The molecular formula is C18H13ClF4N4O3S. The Morgan fingerprint density at radius 2 is 1.84 bits per heavy atom. The van der Waals surface area contributed by atoms with Crippen molar-refractivity contribution in [2.75, 3.05) is 5.75 Å². The van der Waals surface area contributed by atoms with Crippen molar-refractivity contribution in [3.63, 3.8) is 0 Å². The first-order valence-electron chi connectivity index (χ1n) is 8.92. The number of amidine groups is 1. The third-order valence-corrected chi connectivity index (χ3v) is 6.04. The number of hydrogen-bond acceptors (Lipinski definition) is 5. The molecule has 1 aromatic heterocycles. The van der Waals surface area contributed by atoms with Crippen LogP contribution in [-0.2, 0) is 18.0 Å². The van der Waals surface area contributed by atoms with Gasteiger partial charge in [-0.2, -0.15) is 13.2 Å². The molecule has 7 nitrogen and oxygen atoms in total. The van der Waals surface area contributed by atoms with Gasteiger partial charge in [-0.15, -0.1) is 0 Å². The van der Waals surface area contributed by atoms with E-state index < -0.39 is 34.6 Å². The van der Waals surface area contributed by atoms with E-state index in [4.69, 9.17) is 11.6 Å². The maximum Gasteiger partial charge on any atom is 0.431 e. The predicted octanol–water partition coefficient (Wildman–Crippen LogP) is 3.07. The molecule has 0 bridgehead atoms. The van der Waals surface area contributed by atoms with Crippen LogP contribution in [-0.4, -0.2) is 36.9 Å². The zero-order valence-electron chi connectivity index (χ0n) is 15.7. The first kappa shape index (κ1) is 21.6. The summed E-state index contributed by atoms with van der Waals surface area (Å²) in [5, 5.41) is 0.195. The predicted molar refractivity (Wildman–Crippen MR) is 107 cm³/mol. The van der Waals surface area contributed by atoms with Crippen LogP contribution in [0.25, 0.3) is 5.69 Å². The Labute approximate surface area is 180 Å². The highest BCUT2D eigenvalue weighted by Gasteiger charge is 2.40. The molecule has 1 amide bonds. The smallest absolute Gasteiger partial charge is 0.292 e. The third-order valence-electron chi connectivity index (χ3n) is 4.80. The van der Waals surface area contributed by atoms with Crippen LogP contribution in [0.1, 0.15) is 18.5 Å². The summed E-state index contributed by atoms with van der Waals surface area (Å²) in [4.78, 5) is 42.7. The van der Waals surface area contributed by atoms with Crippen molar-refractivity contribution >= 4 is 40.1 Å². The lowest BCUT2D eigenvalue weighted by molar-refractivity contribution is -0.144. The molecule has 31 heavy (non-hydrogen) atoms. The number of nitrogens with zero attached hydrogens (tertiary/aromatic N) is 4. The van der Waals surface area contributed by atoms with E-state index in [2.05, 4.69) is 4.99 Å². The van der Waals surface area contributed by atoms with Crippen LogP contribution in [0.4, 0.5) is 23.2 Å². The van der Waals surface area contributed by atoms with Crippen LogP contribution in [0.5, 0.6) is 0 Å². The number of hydrogen-bond donors (Lipinski definition) is 0. The monoisotopic (exact) mass is 476 g/mol. The molecule has 0 spiro atoms. The van der Waals surface area contributed by atoms with Crippen LogP contribution in [0.3, 0.4) is 0 Å². The van der Waals surface area contributed by atoms with E-state index in [1.54, 1.807) is 0 Å². The van der Waals surface area contributed by atoms with E-state index >= 15 is 0 Å². The summed E-state index contributed by atoms with van der Waals surface area (Å²) in [6.07, 6.45) is -3.30. The standard InChI is InChI=1S/C18H13ClF4N4O3S/c1-25-13(18(21,22)23)6-14(28)27(17(25)30)12-5-11(9(19)4-10(12)20)24-16-26(8-2-3-8)15(29)7-31-16/h4-6,8H,2-3,7H2,1H3. The molecule has 4 rings (SSSR count). The fourth-order valence-corrected chi connectivity index (χ4v) is 4.29. The second kappa shape index (κ2) is 7.52. The van der Waals surface area contributed by atoms with Gasteiger partial charge in [-0.3, -0.25) is 19.1 Å². The summed E-state index contributed by atoms with van der Waals surface area (Å²) >= 11 is 7.23. The average Bonchev–Trinajstić information content (AvgIpc) is 3.44. The number of aromatic nitrogens is 2. The molecule has 2 aromatic rings. The van der Waals surface area contributed by atoms with Crippen molar-refractivity contribution in [2.45, 2.75) is 25.1 Å². The van der Waals surface area contributed by atoms with Crippen molar-refractivity contribution in [1.29, 1.82) is 0 Å². The first-order valence-corrected chi connectivity index (χ1v) is 10.3. The number of alkyl halides is 3. The van der Waals surface area contributed by atoms with E-state index in [0.29, 0.717) is 5.17 Å². The molecule has 0 atom stereocenters. The number of carbonyl (C=O) groups excluding carboxylic acids is 1. The molecular weight excluding hydrogens is 464 g/mol. The molecule has 0 unspecified atom stereocenters. The molecule has 1 saturated heterocycles. The van der Waals surface area contributed by atoms with E-state index in [0.717, 1.165) is 43.8 Å². The van der Waals surface area contributed by atoms with Crippen LogP contribution >= 0.6 is 23.4 Å². The fraction of sp³-hybridized carbons (Fsp3) is 0.333. The number of benzene rings is 1. The Bertz CT molecular complexity index is 1250. The highest BCUT2D eigenvalue weighted by molar-refractivity contribution is 8.15. The summed E-state index contributed by atoms with van der Waals surface area (Å²) in [6.45, 7) is 0. The second-order valence-corrected chi connectivity index (χ2v) is 8.33. The van der Waals surface area contributed by atoms with Crippen LogP contribution in [0.15, 0.2) is 32.8 Å². The molecule has 13 heteroatoms. The van der Waals surface area contributed by atoms with Crippen LogP contribution in [0.2, 0.25) is 5.02 Å². The molecule has 164 valence electrons. The Balaban J connectivity index is 1.86. The van der Waals surface area contributed by atoms with Crippen LogP contribution in [0, 0.1) is 5.82 Å². The number of halogens is 5. The third kappa shape index (κ3) is 3.89. The number of aliphatic imine (C=N–C) groups is 1. The minimum absolute atomic E-state index is 0.0322. The zero-order valence-corrected chi connectivity index (χ0v) is 17.3. The molecule has 2 aliphatic rings. The molecule has 0 N–H and O–H groups in total. The largest absolute Gasteiger partial charge is 0.431 e. The minimum atomic E-state index is -4.94. The van der Waals surface area contributed by atoms with Gasteiger partial charge in [0.05, 0.1) is 22.2 Å². The highest BCUT2D eigenvalue weighted by atomic mass is 35.5. The van der Waals surface area contributed by atoms with Gasteiger partial charge < -0.3 is 0 Å². The maximum atomic E-state index is 14.6. The molecule has 1 saturated carbocycles. The summed E-state index contributed by atoms with van der Waals surface area (Å²) in [7, 11) is 0.824. The molecule has 1 aliphatic carbocycles. The van der Waals surface area contributed by atoms with Crippen molar-refractivity contribution in [3.8, 4) is 5.69 Å². The number of amides is 1. The normalized spacial score (nSPS) is 18.3. The quantitative estimate of drug-likeness (QED) is 0.638. The summed E-state index contributed by atoms with van der Waals surface area (Å²) in [5.74, 6) is -1.04. The summed E-state index contributed by atoms with van der Waals surface area (Å²) < 4.78 is 54.2.